The highest BCUT2D eigenvalue weighted by molar-refractivity contribution is 7.92. The van der Waals surface area contributed by atoms with E-state index in [1.807, 2.05) is 42.0 Å². The van der Waals surface area contributed by atoms with Gasteiger partial charge in [0.15, 0.2) is 0 Å². The van der Waals surface area contributed by atoms with Crippen molar-refractivity contribution in [2.24, 2.45) is 0 Å². The Labute approximate surface area is 220 Å². The van der Waals surface area contributed by atoms with Crippen LogP contribution in [0.1, 0.15) is 27.3 Å². The van der Waals surface area contributed by atoms with Crippen LogP contribution in [0.3, 0.4) is 0 Å². The number of halogens is 2. The summed E-state index contributed by atoms with van der Waals surface area (Å²) in [4.78, 5) is 16.9. The number of carbonyl (C=O) groups is 1. The standard InChI is InChI=1S/C26H24Cl2N4O3S/c1-18-29-14-15-31(18)22-12-8-19(9-13-22)16-30-26(33)21-10-6-20(7-11-21)17-32(36(2,34)35)24-5-3-4-23(27)25(24)28/h3-15H,16-17H2,1-2H3,(H,30,33). The number of nitrogens with one attached hydrogen (secondary N) is 1. The van der Waals surface area contributed by atoms with Gasteiger partial charge in [0.1, 0.15) is 5.82 Å². The molecule has 0 aliphatic carbocycles. The molecule has 3 aromatic carbocycles. The predicted octanol–water partition coefficient (Wildman–Crippen LogP) is 5.38. The molecule has 10 heteroatoms. The summed E-state index contributed by atoms with van der Waals surface area (Å²) in [6.07, 6.45) is 4.75. The van der Waals surface area contributed by atoms with E-state index in [4.69, 9.17) is 23.2 Å². The highest BCUT2D eigenvalue weighted by Gasteiger charge is 2.21. The normalized spacial score (nSPS) is 11.3. The number of aromatic nitrogens is 2. The van der Waals surface area contributed by atoms with Gasteiger partial charge in [-0.05, 0) is 54.4 Å². The molecule has 0 atom stereocenters. The molecular formula is C26H24Cl2N4O3S. The fourth-order valence-corrected chi connectivity index (χ4v) is 5.04. The number of hydrogen-bond donors (Lipinski definition) is 1. The Bertz CT molecular complexity index is 1480. The molecule has 186 valence electrons. The highest BCUT2D eigenvalue weighted by Crippen LogP contribution is 2.34. The number of anilines is 1. The quantitative estimate of drug-likeness (QED) is 0.323. The van der Waals surface area contributed by atoms with E-state index in [0.717, 1.165) is 23.3 Å². The third kappa shape index (κ3) is 5.90. The second kappa shape index (κ2) is 10.7. The van der Waals surface area contributed by atoms with Gasteiger partial charge >= 0.3 is 0 Å². The average Bonchev–Trinajstić information content (AvgIpc) is 3.29. The molecule has 1 aromatic heterocycles. The summed E-state index contributed by atoms with van der Waals surface area (Å²) < 4.78 is 28.1. The Morgan fingerprint density at radius 2 is 1.67 bits per heavy atom. The minimum atomic E-state index is -3.64. The monoisotopic (exact) mass is 542 g/mol. The molecule has 1 heterocycles. The fourth-order valence-electron chi connectivity index (χ4n) is 3.70. The molecule has 1 N–H and O–H groups in total. The molecule has 0 aliphatic rings. The van der Waals surface area contributed by atoms with Crippen molar-refractivity contribution in [1.29, 1.82) is 0 Å². The van der Waals surface area contributed by atoms with Crippen molar-refractivity contribution in [3.05, 3.63) is 112 Å². The lowest BCUT2D eigenvalue weighted by atomic mass is 10.1. The van der Waals surface area contributed by atoms with Crippen molar-refractivity contribution in [1.82, 2.24) is 14.9 Å². The predicted molar refractivity (Wildman–Crippen MR) is 143 cm³/mol. The molecule has 36 heavy (non-hydrogen) atoms. The smallest absolute Gasteiger partial charge is 0.251 e. The first-order valence-corrected chi connectivity index (χ1v) is 13.6. The van der Waals surface area contributed by atoms with E-state index in [9.17, 15) is 13.2 Å². The topological polar surface area (TPSA) is 84.3 Å². The van der Waals surface area contributed by atoms with Gasteiger partial charge in [0.05, 0.1) is 28.5 Å². The number of sulfonamides is 1. The first-order chi connectivity index (χ1) is 17.1. The maximum absolute atomic E-state index is 12.7. The van der Waals surface area contributed by atoms with Gasteiger partial charge in [-0.2, -0.15) is 0 Å². The molecule has 0 fully saturated rings. The lowest BCUT2D eigenvalue weighted by Crippen LogP contribution is -2.29. The molecular weight excluding hydrogens is 519 g/mol. The summed E-state index contributed by atoms with van der Waals surface area (Å²) in [6.45, 7) is 2.35. The van der Waals surface area contributed by atoms with Crippen molar-refractivity contribution < 1.29 is 13.2 Å². The molecule has 4 rings (SSSR count). The zero-order valence-electron chi connectivity index (χ0n) is 19.7. The van der Waals surface area contributed by atoms with Crippen LogP contribution in [0.2, 0.25) is 10.0 Å². The van der Waals surface area contributed by atoms with Crippen LogP contribution in [0, 0.1) is 6.92 Å². The van der Waals surface area contributed by atoms with Gasteiger partial charge in [0.2, 0.25) is 10.0 Å². The zero-order valence-corrected chi connectivity index (χ0v) is 22.0. The van der Waals surface area contributed by atoms with Crippen LogP contribution in [0.5, 0.6) is 0 Å². The lowest BCUT2D eigenvalue weighted by Gasteiger charge is -2.24. The van der Waals surface area contributed by atoms with Crippen LogP contribution in [-0.4, -0.2) is 30.1 Å². The van der Waals surface area contributed by atoms with Crippen LogP contribution < -0.4 is 9.62 Å². The van der Waals surface area contributed by atoms with Crippen molar-refractivity contribution >= 4 is 44.8 Å². The van der Waals surface area contributed by atoms with Crippen LogP contribution in [0.25, 0.3) is 5.69 Å². The van der Waals surface area contributed by atoms with Gasteiger partial charge in [-0.1, -0.05) is 53.5 Å². The van der Waals surface area contributed by atoms with E-state index in [1.165, 1.54) is 4.31 Å². The number of carbonyl (C=O) groups excluding carboxylic acids is 1. The SMILES string of the molecule is Cc1nccn1-c1ccc(CNC(=O)c2ccc(CN(c3cccc(Cl)c3Cl)S(C)(=O)=O)cc2)cc1. The van der Waals surface area contributed by atoms with Gasteiger partial charge in [-0.15, -0.1) is 0 Å². The second-order valence-electron chi connectivity index (χ2n) is 8.23. The number of rotatable bonds is 8. The number of amides is 1. The Balaban J connectivity index is 1.41. The Morgan fingerprint density at radius 3 is 2.28 bits per heavy atom. The van der Waals surface area contributed by atoms with Gasteiger partial charge in [-0.25, -0.2) is 13.4 Å². The first kappa shape index (κ1) is 25.8. The summed E-state index contributed by atoms with van der Waals surface area (Å²) >= 11 is 12.3. The summed E-state index contributed by atoms with van der Waals surface area (Å²) in [5.41, 5.74) is 3.42. The summed E-state index contributed by atoms with van der Waals surface area (Å²) in [5, 5.41) is 3.33. The second-order valence-corrected chi connectivity index (χ2v) is 10.9. The third-order valence-corrected chi connectivity index (χ3v) is 7.57. The third-order valence-electron chi connectivity index (χ3n) is 5.64. The Hall–Kier alpha value is -3.33. The van der Waals surface area contributed by atoms with Crippen LogP contribution in [0.4, 0.5) is 5.69 Å². The number of aryl methyl sites for hydroxylation is 1. The minimum absolute atomic E-state index is 0.0452. The average molecular weight is 543 g/mol. The molecule has 1 amide bonds. The maximum Gasteiger partial charge on any atom is 0.251 e. The molecule has 0 bridgehead atoms. The van der Waals surface area contributed by atoms with Crippen LogP contribution in [0.15, 0.2) is 79.1 Å². The van der Waals surface area contributed by atoms with Gasteiger partial charge < -0.3 is 9.88 Å². The molecule has 0 radical (unpaired) electrons. The van der Waals surface area contributed by atoms with Crippen molar-refractivity contribution in [2.45, 2.75) is 20.0 Å². The van der Waals surface area contributed by atoms with E-state index in [0.29, 0.717) is 23.4 Å². The van der Waals surface area contributed by atoms with Gasteiger partial charge in [0.25, 0.3) is 5.91 Å². The van der Waals surface area contributed by atoms with E-state index in [-0.39, 0.29) is 22.5 Å². The van der Waals surface area contributed by atoms with Crippen molar-refractivity contribution in [3.63, 3.8) is 0 Å². The van der Waals surface area contributed by atoms with E-state index < -0.39 is 10.0 Å². The number of nitrogens with zero attached hydrogens (tertiary/aromatic N) is 3. The van der Waals surface area contributed by atoms with Gasteiger partial charge in [-0.3, -0.25) is 9.10 Å². The zero-order chi connectivity index (χ0) is 25.9. The number of hydrogen-bond acceptors (Lipinski definition) is 4. The Kier molecular flexibility index (Phi) is 7.68. The molecule has 0 aliphatic heterocycles. The van der Waals surface area contributed by atoms with Crippen molar-refractivity contribution in [2.75, 3.05) is 10.6 Å². The number of benzene rings is 3. The minimum Gasteiger partial charge on any atom is -0.348 e. The van der Waals surface area contributed by atoms with E-state index >= 15 is 0 Å². The summed E-state index contributed by atoms with van der Waals surface area (Å²) in [5.74, 6) is 0.670. The molecule has 0 spiro atoms. The van der Waals surface area contributed by atoms with Crippen molar-refractivity contribution in [3.8, 4) is 5.69 Å². The largest absolute Gasteiger partial charge is 0.348 e. The van der Waals surface area contributed by atoms with Crippen LogP contribution >= 0.6 is 23.2 Å². The van der Waals surface area contributed by atoms with E-state index in [1.54, 1.807) is 48.7 Å². The van der Waals surface area contributed by atoms with Crippen LogP contribution in [-0.2, 0) is 23.1 Å². The summed E-state index contributed by atoms with van der Waals surface area (Å²) in [7, 11) is -3.64. The maximum atomic E-state index is 12.7. The Morgan fingerprint density at radius 1 is 1.00 bits per heavy atom. The number of imidazole rings is 1. The molecule has 0 saturated carbocycles. The fraction of sp³-hybridized carbons (Fsp3) is 0.154. The lowest BCUT2D eigenvalue weighted by molar-refractivity contribution is 0.0951. The van der Waals surface area contributed by atoms with E-state index in [2.05, 4.69) is 10.3 Å². The molecule has 0 unspecified atom stereocenters. The molecule has 0 saturated heterocycles. The molecule has 4 aromatic rings. The highest BCUT2D eigenvalue weighted by atomic mass is 35.5. The summed E-state index contributed by atoms with van der Waals surface area (Å²) in [6, 6.07) is 19.5. The molecule has 7 nitrogen and oxygen atoms in total. The first-order valence-electron chi connectivity index (χ1n) is 11.0. The van der Waals surface area contributed by atoms with Gasteiger partial charge in [0, 0.05) is 30.2 Å².